The van der Waals surface area contributed by atoms with Gasteiger partial charge in [-0.1, -0.05) is 19.1 Å². The van der Waals surface area contributed by atoms with Crippen LogP contribution in [0.2, 0.25) is 0 Å². The number of rotatable bonds is 7. The van der Waals surface area contributed by atoms with Crippen LogP contribution in [-0.4, -0.2) is 17.9 Å². The number of hydrogen-bond acceptors (Lipinski definition) is 5. The van der Waals surface area contributed by atoms with Crippen LogP contribution in [0.3, 0.4) is 0 Å². The molecular weight excluding hydrogens is 286 g/mol. The van der Waals surface area contributed by atoms with E-state index in [4.69, 9.17) is 20.6 Å². The van der Waals surface area contributed by atoms with Gasteiger partial charge in [-0.05, 0) is 24.1 Å². The van der Waals surface area contributed by atoms with Crippen LogP contribution >= 0.6 is 11.3 Å². The summed E-state index contributed by atoms with van der Waals surface area (Å²) in [7, 11) is 1.59. The molecule has 0 fully saturated rings. The fourth-order valence-corrected chi connectivity index (χ4v) is 2.72. The van der Waals surface area contributed by atoms with E-state index in [-0.39, 0.29) is 5.84 Å². The Morgan fingerprint density at radius 3 is 2.57 bits per heavy atom. The third kappa shape index (κ3) is 4.03. The molecule has 3 N–H and O–H groups in total. The summed E-state index contributed by atoms with van der Waals surface area (Å²) >= 11 is 1.37. The summed E-state index contributed by atoms with van der Waals surface area (Å²) in [4.78, 5) is 5.07. The van der Waals surface area contributed by atoms with E-state index in [0.29, 0.717) is 23.8 Å². The van der Waals surface area contributed by atoms with Crippen LogP contribution in [0, 0.1) is 5.41 Å². The zero-order chi connectivity index (χ0) is 15.2. The molecule has 2 rings (SSSR count). The lowest BCUT2D eigenvalue weighted by Crippen LogP contribution is -2.11. The summed E-state index contributed by atoms with van der Waals surface area (Å²) < 4.78 is 10.8. The number of benzene rings is 1. The lowest BCUT2D eigenvalue weighted by Gasteiger charge is -2.04. The smallest absolute Gasteiger partial charge is 0.140 e. The molecule has 2 aromatic rings. The van der Waals surface area contributed by atoms with Crippen molar-refractivity contribution in [3.05, 3.63) is 45.4 Å². The lowest BCUT2D eigenvalue weighted by molar-refractivity contribution is 0.181. The van der Waals surface area contributed by atoms with Gasteiger partial charge in [0, 0.05) is 7.11 Å². The largest absolute Gasteiger partial charge is 0.486 e. The Labute approximate surface area is 128 Å². The van der Waals surface area contributed by atoms with Crippen molar-refractivity contribution in [3.8, 4) is 5.75 Å². The fourth-order valence-electron chi connectivity index (χ4n) is 1.87. The number of amidine groups is 1. The molecule has 0 atom stereocenters. The minimum Gasteiger partial charge on any atom is -0.486 e. The number of nitrogens with one attached hydrogen (secondary N) is 1. The van der Waals surface area contributed by atoms with Gasteiger partial charge in [0.1, 0.15) is 23.2 Å². The predicted octanol–water partition coefficient (Wildman–Crippen LogP) is 2.71. The molecule has 0 unspecified atom stereocenters. The Morgan fingerprint density at radius 1 is 1.29 bits per heavy atom. The summed E-state index contributed by atoms with van der Waals surface area (Å²) in [5, 5.41) is 8.34. The minimum atomic E-state index is 0.0121. The number of methoxy groups -OCH3 is 1. The van der Waals surface area contributed by atoms with E-state index >= 15 is 0 Å². The normalized spacial score (nSPS) is 10.6. The SMILES string of the molecule is CCc1ccc(OCc2nc(COC)c(C(=N)N)s2)cc1. The number of ether oxygens (including phenoxy) is 2. The van der Waals surface area contributed by atoms with Crippen molar-refractivity contribution >= 4 is 17.2 Å². The summed E-state index contributed by atoms with van der Waals surface area (Å²) in [5.41, 5.74) is 7.52. The van der Waals surface area contributed by atoms with Crippen LogP contribution in [0.15, 0.2) is 24.3 Å². The van der Waals surface area contributed by atoms with Crippen molar-refractivity contribution in [2.75, 3.05) is 7.11 Å². The van der Waals surface area contributed by atoms with E-state index in [1.165, 1.54) is 16.9 Å². The van der Waals surface area contributed by atoms with E-state index < -0.39 is 0 Å². The molecule has 1 heterocycles. The molecule has 0 bridgehead atoms. The number of thiazole rings is 1. The van der Waals surface area contributed by atoms with E-state index in [2.05, 4.69) is 24.0 Å². The molecule has 6 heteroatoms. The zero-order valence-electron chi connectivity index (χ0n) is 12.2. The van der Waals surface area contributed by atoms with Gasteiger partial charge in [0.2, 0.25) is 0 Å². The van der Waals surface area contributed by atoms with E-state index in [9.17, 15) is 0 Å². The standard InChI is InChI=1S/C15H19N3O2S/c1-3-10-4-6-11(7-5-10)20-9-13-18-12(8-19-2)14(21-13)15(16)17/h4-7H,3,8-9H2,1-2H3,(H3,16,17). The Balaban J connectivity index is 2.05. The Kier molecular flexibility index (Phi) is 5.30. The number of aryl methyl sites for hydroxylation is 1. The molecule has 0 radical (unpaired) electrons. The number of nitrogens with zero attached hydrogens (tertiary/aromatic N) is 1. The van der Waals surface area contributed by atoms with Gasteiger partial charge in [-0.3, -0.25) is 5.41 Å². The maximum Gasteiger partial charge on any atom is 0.140 e. The Morgan fingerprint density at radius 2 is 2.00 bits per heavy atom. The molecule has 112 valence electrons. The quantitative estimate of drug-likeness (QED) is 0.609. The van der Waals surface area contributed by atoms with Crippen LogP contribution < -0.4 is 10.5 Å². The van der Waals surface area contributed by atoms with Crippen LogP contribution in [-0.2, 0) is 24.4 Å². The van der Waals surface area contributed by atoms with Crippen LogP contribution in [0.4, 0.5) is 0 Å². The van der Waals surface area contributed by atoms with Gasteiger partial charge < -0.3 is 15.2 Å². The number of aromatic nitrogens is 1. The average Bonchev–Trinajstić information content (AvgIpc) is 2.89. The van der Waals surface area contributed by atoms with Crippen molar-refractivity contribution in [1.29, 1.82) is 5.41 Å². The highest BCUT2D eigenvalue weighted by molar-refractivity contribution is 7.13. The first-order valence-corrected chi connectivity index (χ1v) is 7.49. The van der Waals surface area contributed by atoms with Gasteiger partial charge in [-0.25, -0.2) is 4.98 Å². The highest BCUT2D eigenvalue weighted by atomic mass is 32.1. The third-order valence-electron chi connectivity index (χ3n) is 2.96. The molecule has 0 saturated carbocycles. The Hall–Kier alpha value is -1.92. The molecular formula is C15H19N3O2S. The molecule has 5 nitrogen and oxygen atoms in total. The van der Waals surface area contributed by atoms with E-state index in [0.717, 1.165) is 17.2 Å². The van der Waals surface area contributed by atoms with Crippen LogP contribution in [0.25, 0.3) is 0 Å². The van der Waals surface area contributed by atoms with Gasteiger partial charge >= 0.3 is 0 Å². The second-order valence-electron chi connectivity index (χ2n) is 4.52. The van der Waals surface area contributed by atoms with Crippen molar-refractivity contribution < 1.29 is 9.47 Å². The number of nitrogen functional groups attached to an aromatic ring is 1. The summed E-state index contributed by atoms with van der Waals surface area (Å²) in [6.45, 7) is 2.82. The summed E-state index contributed by atoms with van der Waals surface area (Å²) in [5.74, 6) is 0.818. The zero-order valence-corrected chi connectivity index (χ0v) is 13.0. The van der Waals surface area contributed by atoms with E-state index in [1.807, 2.05) is 12.1 Å². The summed E-state index contributed by atoms with van der Waals surface area (Å²) in [6.07, 6.45) is 1.01. The van der Waals surface area contributed by atoms with Gasteiger partial charge in [-0.2, -0.15) is 0 Å². The number of nitrogens with two attached hydrogens (primary N) is 1. The molecule has 0 aliphatic carbocycles. The minimum absolute atomic E-state index is 0.0121. The van der Waals surface area contributed by atoms with Crippen molar-refractivity contribution in [1.82, 2.24) is 4.98 Å². The topological polar surface area (TPSA) is 81.2 Å². The van der Waals surface area contributed by atoms with Gasteiger partial charge in [0.15, 0.2) is 0 Å². The molecule has 0 aliphatic rings. The fraction of sp³-hybridized carbons (Fsp3) is 0.333. The highest BCUT2D eigenvalue weighted by Crippen LogP contribution is 2.21. The molecule has 1 aromatic carbocycles. The Bertz CT molecular complexity index is 608. The average molecular weight is 305 g/mol. The summed E-state index contributed by atoms with van der Waals surface area (Å²) in [6, 6.07) is 8.01. The molecule has 0 saturated heterocycles. The van der Waals surface area contributed by atoms with Gasteiger partial charge in [-0.15, -0.1) is 11.3 Å². The van der Waals surface area contributed by atoms with Crippen LogP contribution in [0.5, 0.6) is 5.75 Å². The molecule has 0 aliphatic heterocycles. The van der Waals surface area contributed by atoms with Gasteiger partial charge in [0.25, 0.3) is 0 Å². The highest BCUT2D eigenvalue weighted by Gasteiger charge is 2.13. The molecule has 1 aromatic heterocycles. The van der Waals surface area contributed by atoms with Crippen molar-refractivity contribution in [2.24, 2.45) is 5.73 Å². The first-order valence-electron chi connectivity index (χ1n) is 6.67. The maximum absolute atomic E-state index is 7.56. The van der Waals surface area contributed by atoms with E-state index in [1.54, 1.807) is 7.11 Å². The third-order valence-corrected chi connectivity index (χ3v) is 4.07. The first kappa shape index (κ1) is 15.5. The van der Waals surface area contributed by atoms with Crippen molar-refractivity contribution in [3.63, 3.8) is 0 Å². The maximum atomic E-state index is 7.56. The second kappa shape index (κ2) is 7.19. The van der Waals surface area contributed by atoms with Crippen molar-refractivity contribution in [2.45, 2.75) is 26.6 Å². The molecule has 21 heavy (non-hydrogen) atoms. The first-order chi connectivity index (χ1) is 10.1. The van der Waals surface area contributed by atoms with Gasteiger partial charge in [0.05, 0.1) is 17.2 Å². The number of hydrogen-bond donors (Lipinski definition) is 2. The monoisotopic (exact) mass is 305 g/mol. The molecule has 0 amide bonds. The second-order valence-corrected chi connectivity index (χ2v) is 5.60. The lowest BCUT2D eigenvalue weighted by atomic mass is 10.2. The predicted molar refractivity (Wildman–Crippen MR) is 84.0 cm³/mol. The van der Waals surface area contributed by atoms with Crippen LogP contribution in [0.1, 0.15) is 28.1 Å². The molecule has 0 spiro atoms.